The molecule has 1 unspecified atom stereocenters. The quantitative estimate of drug-likeness (QED) is 0.339. The first kappa shape index (κ1) is 21.0. The van der Waals surface area contributed by atoms with Gasteiger partial charge < -0.3 is 10.1 Å². The zero-order chi connectivity index (χ0) is 22.2. The summed E-state index contributed by atoms with van der Waals surface area (Å²) in [7, 11) is 0. The van der Waals surface area contributed by atoms with Crippen LogP contribution in [0.25, 0.3) is 21.2 Å². The van der Waals surface area contributed by atoms with Gasteiger partial charge in [0.05, 0.1) is 17.5 Å². The monoisotopic (exact) mass is 461 g/mol. The Morgan fingerprint density at radius 3 is 2.72 bits per heavy atom. The normalized spacial score (nSPS) is 15.4. The van der Waals surface area contributed by atoms with Crippen LogP contribution in [0.3, 0.4) is 0 Å². The lowest BCUT2D eigenvalue weighted by molar-refractivity contribution is 0.0928. The molecule has 1 aliphatic heterocycles. The number of thiophene rings is 1. The van der Waals surface area contributed by atoms with Gasteiger partial charge in [-0.2, -0.15) is 0 Å². The van der Waals surface area contributed by atoms with Crippen LogP contribution in [0.1, 0.15) is 53.0 Å². The highest BCUT2D eigenvalue weighted by molar-refractivity contribution is 7.21. The number of benzene rings is 3. The van der Waals surface area contributed by atoms with Crippen LogP contribution >= 0.6 is 22.9 Å². The van der Waals surface area contributed by atoms with Gasteiger partial charge in [0.1, 0.15) is 5.75 Å². The number of fused-ring (bicyclic) bond motifs is 2. The zero-order valence-corrected chi connectivity index (χ0v) is 19.6. The molecule has 1 aliphatic rings. The summed E-state index contributed by atoms with van der Waals surface area (Å²) in [4.78, 5) is 14.3. The topological polar surface area (TPSA) is 38.3 Å². The van der Waals surface area contributed by atoms with E-state index in [4.69, 9.17) is 16.3 Å². The Kier molecular flexibility index (Phi) is 5.66. The van der Waals surface area contributed by atoms with E-state index in [0.717, 1.165) is 49.4 Å². The Hall–Kier alpha value is -2.82. The van der Waals surface area contributed by atoms with Crippen molar-refractivity contribution in [2.75, 3.05) is 6.61 Å². The summed E-state index contributed by atoms with van der Waals surface area (Å²) in [5.74, 6) is 1.06. The molecule has 5 rings (SSSR count). The standard InChI is InChI=1S/C27H24ClNO2S/c1-16(2)24-21-11-6-10-19(17-7-5-8-18(28)15-17)25(21)32-26(24)27(30)29-22-13-14-31-23-12-4-3-9-20(22)23/h3-12,15-16,22H,13-14H2,1-2H3,(H,29,30). The molecule has 3 nitrogen and oxygen atoms in total. The SMILES string of the molecule is CC(C)c1c(C(=O)NC2CCOc3ccccc32)sc2c(-c3cccc(Cl)c3)cccc12. The molecule has 0 saturated carbocycles. The number of carbonyl (C=O) groups is 1. The highest BCUT2D eigenvalue weighted by Gasteiger charge is 2.27. The summed E-state index contributed by atoms with van der Waals surface area (Å²) in [6.07, 6.45) is 0.762. The Morgan fingerprint density at radius 2 is 1.91 bits per heavy atom. The third-order valence-corrected chi connectivity index (χ3v) is 7.43. The molecule has 0 bridgehead atoms. The number of carbonyl (C=O) groups excluding carboxylic acids is 1. The van der Waals surface area contributed by atoms with Crippen LogP contribution < -0.4 is 10.1 Å². The van der Waals surface area contributed by atoms with E-state index in [2.05, 4.69) is 43.4 Å². The fraction of sp³-hybridized carbons (Fsp3) is 0.222. The van der Waals surface area contributed by atoms with E-state index in [-0.39, 0.29) is 17.9 Å². The molecule has 1 amide bonds. The zero-order valence-electron chi connectivity index (χ0n) is 18.0. The Labute approximate surface area is 197 Å². The molecule has 32 heavy (non-hydrogen) atoms. The summed E-state index contributed by atoms with van der Waals surface area (Å²) in [6.45, 7) is 4.90. The van der Waals surface area contributed by atoms with E-state index in [1.807, 2.05) is 42.5 Å². The van der Waals surface area contributed by atoms with Gasteiger partial charge in [0.25, 0.3) is 5.91 Å². The smallest absolute Gasteiger partial charge is 0.262 e. The van der Waals surface area contributed by atoms with E-state index >= 15 is 0 Å². The van der Waals surface area contributed by atoms with Crippen LogP contribution in [0.5, 0.6) is 5.75 Å². The molecule has 4 aromatic rings. The molecular weight excluding hydrogens is 438 g/mol. The number of hydrogen-bond acceptors (Lipinski definition) is 3. The predicted molar refractivity (Wildman–Crippen MR) is 133 cm³/mol. The molecule has 0 fully saturated rings. The summed E-state index contributed by atoms with van der Waals surface area (Å²) < 4.78 is 6.89. The average Bonchev–Trinajstić information content (AvgIpc) is 3.19. The maximum absolute atomic E-state index is 13.6. The van der Waals surface area contributed by atoms with Crippen LogP contribution in [-0.2, 0) is 0 Å². The molecule has 0 radical (unpaired) electrons. The number of rotatable bonds is 4. The van der Waals surface area contributed by atoms with Gasteiger partial charge in [0.2, 0.25) is 0 Å². The Bertz CT molecular complexity index is 1310. The molecule has 2 heterocycles. The second-order valence-corrected chi connectivity index (χ2v) is 9.85. The van der Waals surface area contributed by atoms with Crippen molar-refractivity contribution in [3.05, 3.63) is 87.8 Å². The van der Waals surface area contributed by atoms with Gasteiger partial charge in [-0.05, 0) is 46.2 Å². The maximum atomic E-state index is 13.6. The second-order valence-electron chi connectivity index (χ2n) is 8.39. The van der Waals surface area contributed by atoms with Crippen LogP contribution in [0.15, 0.2) is 66.7 Å². The molecule has 5 heteroatoms. The van der Waals surface area contributed by atoms with Gasteiger partial charge in [0, 0.05) is 21.7 Å². The van der Waals surface area contributed by atoms with Gasteiger partial charge in [-0.25, -0.2) is 0 Å². The van der Waals surface area contributed by atoms with Crippen molar-refractivity contribution >= 4 is 38.9 Å². The summed E-state index contributed by atoms with van der Waals surface area (Å²) in [6, 6.07) is 22.1. The van der Waals surface area contributed by atoms with Crippen molar-refractivity contribution in [3.63, 3.8) is 0 Å². The van der Waals surface area contributed by atoms with Crippen LogP contribution in [0.4, 0.5) is 0 Å². The molecule has 0 saturated heterocycles. The predicted octanol–water partition coefficient (Wildman–Crippen LogP) is 7.60. The van der Waals surface area contributed by atoms with E-state index in [0.29, 0.717) is 11.6 Å². The van der Waals surface area contributed by atoms with Crippen molar-refractivity contribution in [1.29, 1.82) is 0 Å². The second kappa shape index (κ2) is 8.61. The Balaban J connectivity index is 1.58. The highest BCUT2D eigenvalue weighted by Crippen LogP contribution is 2.42. The van der Waals surface area contributed by atoms with Gasteiger partial charge in [-0.1, -0.05) is 74.0 Å². The third kappa shape index (κ3) is 3.78. The molecular formula is C27H24ClNO2S. The molecule has 1 aromatic heterocycles. The lowest BCUT2D eigenvalue weighted by atomic mass is 9.95. The minimum atomic E-state index is -0.0509. The molecule has 1 N–H and O–H groups in total. The lowest BCUT2D eigenvalue weighted by Gasteiger charge is -2.26. The lowest BCUT2D eigenvalue weighted by Crippen LogP contribution is -2.32. The maximum Gasteiger partial charge on any atom is 0.262 e. The fourth-order valence-corrected chi connectivity index (χ4v) is 6.06. The largest absolute Gasteiger partial charge is 0.493 e. The van der Waals surface area contributed by atoms with E-state index < -0.39 is 0 Å². The Morgan fingerprint density at radius 1 is 1.09 bits per heavy atom. The van der Waals surface area contributed by atoms with Crippen LogP contribution in [0, 0.1) is 0 Å². The van der Waals surface area contributed by atoms with E-state index in [9.17, 15) is 4.79 Å². The molecule has 3 aromatic carbocycles. The van der Waals surface area contributed by atoms with Gasteiger partial charge in [0.15, 0.2) is 0 Å². The van der Waals surface area contributed by atoms with Gasteiger partial charge in [-0.15, -0.1) is 11.3 Å². The number of amides is 1. The summed E-state index contributed by atoms with van der Waals surface area (Å²) in [5.41, 5.74) is 4.31. The molecule has 0 spiro atoms. The number of halogens is 1. The first-order valence-electron chi connectivity index (χ1n) is 10.9. The van der Waals surface area contributed by atoms with Crippen LogP contribution in [-0.4, -0.2) is 12.5 Å². The molecule has 1 atom stereocenters. The minimum Gasteiger partial charge on any atom is -0.493 e. The number of ether oxygens (including phenoxy) is 1. The highest BCUT2D eigenvalue weighted by atomic mass is 35.5. The minimum absolute atomic E-state index is 0.0198. The van der Waals surface area contributed by atoms with E-state index in [1.54, 1.807) is 11.3 Å². The third-order valence-electron chi connectivity index (χ3n) is 5.94. The number of para-hydroxylation sites is 1. The molecule has 162 valence electrons. The van der Waals surface area contributed by atoms with Crippen molar-refractivity contribution in [3.8, 4) is 16.9 Å². The van der Waals surface area contributed by atoms with E-state index in [1.165, 1.54) is 0 Å². The van der Waals surface area contributed by atoms with Crippen molar-refractivity contribution in [2.45, 2.75) is 32.2 Å². The first-order valence-corrected chi connectivity index (χ1v) is 12.1. The number of nitrogens with one attached hydrogen (secondary N) is 1. The average molecular weight is 462 g/mol. The van der Waals surface area contributed by atoms with Crippen molar-refractivity contribution in [2.24, 2.45) is 0 Å². The van der Waals surface area contributed by atoms with Gasteiger partial charge in [-0.3, -0.25) is 4.79 Å². The van der Waals surface area contributed by atoms with Gasteiger partial charge >= 0.3 is 0 Å². The van der Waals surface area contributed by atoms with Crippen LogP contribution in [0.2, 0.25) is 5.02 Å². The molecule has 0 aliphatic carbocycles. The first-order chi connectivity index (χ1) is 15.5. The van der Waals surface area contributed by atoms with Crippen molar-refractivity contribution in [1.82, 2.24) is 5.32 Å². The summed E-state index contributed by atoms with van der Waals surface area (Å²) in [5, 5.41) is 5.13. The number of hydrogen-bond donors (Lipinski definition) is 1. The fourth-order valence-electron chi connectivity index (χ4n) is 4.48. The summed E-state index contributed by atoms with van der Waals surface area (Å²) >= 11 is 7.83. The van der Waals surface area contributed by atoms with Crippen molar-refractivity contribution < 1.29 is 9.53 Å².